The van der Waals surface area contributed by atoms with Gasteiger partial charge < -0.3 is 5.32 Å². The van der Waals surface area contributed by atoms with Gasteiger partial charge in [0.25, 0.3) is 5.91 Å². The molecule has 1 aliphatic rings. The van der Waals surface area contributed by atoms with Gasteiger partial charge in [0.05, 0.1) is 10.6 Å². The number of thiol groups is 1. The highest BCUT2D eigenvalue weighted by atomic mass is 35.5. The van der Waals surface area contributed by atoms with Gasteiger partial charge in [0.1, 0.15) is 0 Å². The smallest absolute Gasteiger partial charge is 0.252 e. The molecule has 0 radical (unpaired) electrons. The van der Waals surface area contributed by atoms with E-state index in [0.717, 1.165) is 17.4 Å². The number of amides is 1. The van der Waals surface area contributed by atoms with E-state index in [0.29, 0.717) is 16.5 Å². The van der Waals surface area contributed by atoms with Crippen molar-refractivity contribution < 1.29 is 4.79 Å². The Balaban J connectivity index is 1.96. The first-order valence-electron chi connectivity index (χ1n) is 5.84. The van der Waals surface area contributed by atoms with Crippen LogP contribution in [-0.2, 0) is 0 Å². The van der Waals surface area contributed by atoms with Crippen molar-refractivity contribution in [1.29, 1.82) is 0 Å². The maximum atomic E-state index is 11.9. The van der Waals surface area contributed by atoms with E-state index in [-0.39, 0.29) is 5.91 Å². The van der Waals surface area contributed by atoms with E-state index in [9.17, 15) is 4.79 Å². The molecule has 0 aliphatic heterocycles. The van der Waals surface area contributed by atoms with Crippen LogP contribution in [0.2, 0.25) is 5.02 Å². The molecule has 0 bridgehead atoms. The predicted octanol–water partition coefficient (Wildman–Crippen LogP) is 3.40. The van der Waals surface area contributed by atoms with Crippen LogP contribution in [0.25, 0.3) is 0 Å². The van der Waals surface area contributed by atoms with Crippen LogP contribution >= 0.6 is 24.2 Å². The zero-order chi connectivity index (χ0) is 12.4. The molecule has 1 N–H and O–H groups in total. The van der Waals surface area contributed by atoms with Gasteiger partial charge in [-0.05, 0) is 42.9 Å². The van der Waals surface area contributed by atoms with Crippen LogP contribution in [0.15, 0.2) is 23.1 Å². The molecule has 0 aromatic heterocycles. The maximum absolute atomic E-state index is 11.9. The predicted molar refractivity (Wildman–Crippen MR) is 72.9 cm³/mol. The summed E-state index contributed by atoms with van der Waals surface area (Å²) < 4.78 is 0. The Bertz CT molecular complexity index is 431. The molecule has 1 aromatic carbocycles. The van der Waals surface area contributed by atoms with Crippen LogP contribution < -0.4 is 5.32 Å². The lowest BCUT2D eigenvalue weighted by molar-refractivity contribution is 0.0946. The molecule has 1 amide bonds. The fraction of sp³-hybridized carbons (Fsp3) is 0.462. The minimum Gasteiger partial charge on any atom is -0.352 e. The van der Waals surface area contributed by atoms with E-state index in [1.807, 2.05) is 0 Å². The summed E-state index contributed by atoms with van der Waals surface area (Å²) in [5.74, 6) is 1.23. The number of nitrogens with one attached hydrogen (secondary N) is 1. The van der Waals surface area contributed by atoms with Crippen molar-refractivity contribution in [3.8, 4) is 0 Å². The molecule has 0 heterocycles. The Kier molecular flexibility index (Phi) is 4.00. The van der Waals surface area contributed by atoms with Crippen molar-refractivity contribution in [3.63, 3.8) is 0 Å². The zero-order valence-electron chi connectivity index (χ0n) is 9.74. The van der Waals surface area contributed by atoms with Gasteiger partial charge in [-0.15, -0.1) is 12.6 Å². The number of hydrogen-bond acceptors (Lipinski definition) is 2. The van der Waals surface area contributed by atoms with E-state index in [2.05, 4.69) is 24.9 Å². The molecule has 1 fully saturated rings. The van der Waals surface area contributed by atoms with Gasteiger partial charge in [-0.25, -0.2) is 0 Å². The first-order chi connectivity index (χ1) is 8.08. The van der Waals surface area contributed by atoms with Crippen LogP contribution in [0.5, 0.6) is 0 Å². The molecule has 0 saturated heterocycles. The molecule has 4 heteroatoms. The first-order valence-corrected chi connectivity index (χ1v) is 6.67. The largest absolute Gasteiger partial charge is 0.352 e. The summed E-state index contributed by atoms with van der Waals surface area (Å²) in [6, 6.07) is 5.17. The Morgan fingerprint density at radius 1 is 1.59 bits per heavy atom. The third-order valence-corrected chi connectivity index (χ3v) is 3.81. The van der Waals surface area contributed by atoms with Crippen molar-refractivity contribution in [2.24, 2.45) is 11.8 Å². The lowest BCUT2D eigenvalue weighted by Crippen LogP contribution is -2.29. The van der Waals surface area contributed by atoms with E-state index >= 15 is 0 Å². The number of halogens is 1. The van der Waals surface area contributed by atoms with Gasteiger partial charge in [-0.1, -0.05) is 18.5 Å². The second kappa shape index (κ2) is 5.32. The average molecular weight is 270 g/mol. The van der Waals surface area contributed by atoms with Crippen LogP contribution in [0.3, 0.4) is 0 Å². The maximum Gasteiger partial charge on any atom is 0.252 e. The molecular formula is C13H16ClNOS. The Hall–Kier alpha value is -0.670. The summed E-state index contributed by atoms with van der Waals surface area (Å²) in [5.41, 5.74) is 0.502. The number of carbonyl (C=O) groups excluding carboxylic acids is 1. The van der Waals surface area contributed by atoms with E-state index in [1.54, 1.807) is 18.2 Å². The molecule has 2 nitrogen and oxygen atoms in total. The van der Waals surface area contributed by atoms with Crippen molar-refractivity contribution in [3.05, 3.63) is 28.8 Å². The van der Waals surface area contributed by atoms with Crippen LogP contribution in [0, 0.1) is 11.8 Å². The van der Waals surface area contributed by atoms with Gasteiger partial charge in [0, 0.05) is 11.4 Å². The first kappa shape index (κ1) is 12.8. The summed E-state index contributed by atoms with van der Waals surface area (Å²) in [4.78, 5) is 12.7. The van der Waals surface area contributed by atoms with Crippen molar-refractivity contribution >= 4 is 30.1 Å². The van der Waals surface area contributed by atoms with E-state index in [4.69, 9.17) is 11.6 Å². The normalized spacial score (nSPS) is 16.6. The van der Waals surface area contributed by atoms with Crippen molar-refractivity contribution in [2.75, 3.05) is 6.54 Å². The summed E-state index contributed by atoms with van der Waals surface area (Å²) in [7, 11) is 0. The fourth-order valence-electron chi connectivity index (χ4n) is 1.87. The summed E-state index contributed by atoms with van der Waals surface area (Å²) in [6.45, 7) is 2.89. The number of hydrogen-bond donors (Lipinski definition) is 2. The molecule has 0 spiro atoms. The zero-order valence-corrected chi connectivity index (χ0v) is 11.4. The molecule has 1 saturated carbocycles. The molecular weight excluding hydrogens is 254 g/mol. The third-order valence-electron chi connectivity index (χ3n) is 3.21. The van der Waals surface area contributed by atoms with Crippen molar-refractivity contribution in [2.45, 2.75) is 24.7 Å². The minimum absolute atomic E-state index is 0.113. The highest BCUT2D eigenvalue weighted by Gasteiger charge is 2.28. The van der Waals surface area contributed by atoms with Gasteiger partial charge in [0.2, 0.25) is 0 Å². The molecule has 1 aliphatic carbocycles. The second-order valence-corrected chi connectivity index (χ2v) is 5.61. The Morgan fingerprint density at radius 2 is 2.29 bits per heavy atom. The van der Waals surface area contributed by atoms with Crippen molar-refractivity contribution in [1.82, 2.24) is 5.32 Å². The number of rotatable bonds is 4. The van der Waals surface area contributed by atoms with Gasteiger partial charge in [-0.2, -0.15) is 0 Å². The average Bonchev–Trinajstić information content (AvgIpc) is 3.12. The van der Waals surface area contributed by atoms with Gasteiger partial charge >= 0.3 is 0 Å². The summed E-state index contributed by atoms with van der Waals surface area (Å²) in [6.07, 6.45) is 2.59. The molecule has 17 heavy (non-hydrogen) atoms. The topological polar surface area (TPSA) is 29.1 Å². The number of carbonyl (C=O) groups is 1. The fourth-order valence-corrected chi connectivity index (χ4v) is 2.28. The highest BCUT2D eigenvalue weighted by molar-refractivity contribution is 7.80. The monoisotopic (exact) mass is 269 g/mol. The van der Waals surface area contributed by atoms with Gasteiger partial charge in [-0.3, -0.25) is 4.79 Å². The van der Waals surface area contributed by atoms with Crippen LogP contribution in [0.1, 0.15) is 30.1 Å². The van der Waals surface area contributed by atoms with Gasteiger partial charge in [0.15, 0.2) is 0 Å². The SMILES string of the molecule is CC(CNC(=O)c1cc(S)ccc1Cl)C1CC1. The number of benzene rings is 1. The lowest BCUT2D eigenvalue weighted by atomic mass is 10.1. The summed E-state index contributed by atoms with van der Waals surface area (Å²) in [5, 5.41) is 3.40. The molecule has 1 aromatic rings. The molecule has 1 unspecified atom stereocenters. The quantitative estimate of drug-likeness (QED) is 0.806. The Labute approximate surface area is 112 Å². The molecule has 1 atom stereocenters. The van der Waals surface area contributed by atoms with E-state index < -0.39 is 0 Å². The molecule has 92 valence electrons. The second-order valence-electron chi connectivity index (χ2n) is 4.69. The van der Waals surface area contributed by atoms with E-state index in [1.165, 1.54) is 12.8 Å². The molecule has 2 rings (SSSR count). The standard InChI is InChI=1S/C13H16ClNOS/c1-8(9-2-3-9)7-15-13(16)11-6-10(17)4-5-12(11)14/h4-6,8-9,17H,2-3,7H2,1H3,(H,15,16). The summed E-state index contributed by atoms with van der Waals surface area (Å²) >= 11 is 10.2. The lowest BCUT2D eigenvalue weighted by Gasteiger charge is -2.12. The third kappa shape index (κ3) is 3.39. The Morgan fingerprint density at radius 3 is 2.94 bits per heavy atom. The van der Waals surface area contributed by atoms with Crippen LogP contribution in [-0.4, -0.2) is 12.5 Å². The van der Waals surface area contributed by atoms with Crippen LogP contribution in [0.4, 0.5) is 0 Å². The minimum atomic E-state index is -0.113. The highest BCUT2D eigenvalue weighted by Crippen LogP contribution is 2.36.